The Labute approximate surface area is 227 Å². The number of ether oxygens (including phenoxy) is 1. The van der Waals surface area contributed by atoms with Gasteiger partial charge >= 0.3 is 0 Å². The molecule has 5 nitrogen and oxygen atoms in total. The Hall–Kier alpha value is -2.56. The fourth-order valence-electron chi connectivity index (χ4n) is 4.60. The topological polar surface area (TPSA) is 43.2 Å². The van der Waals surface area contributed by atoms with E-state index in [2.05, 4.69) is 10.8 Å². The lowest BCUT2D eigenvalue weighted by Gasteiger charge is -2.30. The van der Waals surface area contributed by atoms with Crippen molar-refractivity contribution in [2.45, 2.75) is 57.9 Å². The third-order valence-corrected chi connectivity index (χ3v) is 7.29. The first kappa shape index (κ1) is 26.5. The molecule has 190 valence electrons. The molecule has 5 rings (SSSR count). The zero-order chi connectivity index (χ0) is 24.7. The van der Waals surface area contributed by atoms with Crippen molar-refractivity contribution < 1.29 is 9.13 Å². The Morgan fingerprint density at radius 3 is 2.56 bits per heavy atom. The van der Waals surface area contributed by atoms with Crippen molar-refractivity contribution in [3.8, 4) is 23.8 Å². The zero-order valence-corrected chi connectivity index (χ0v) is 23.3. The van der Waals surface area contributed by atoms with Crippen LogP contribution >= 0.6 is 28.6 Å². The minimum Gasteiger partial charge on any atom is -0.496 e. The lowest BCUT2D eigenvalue weighted by molar-refractivity contribution is 0.411. The van der Waals surface area contributed by atoms with Gasteiger partial charge in [0.1, 0.15) is 17.4 Å². The number of hydrogen-bond donors (Lipinski definition) is 0. The molecule has 0 amide bonds. The maximum Gasteiger partial charge on any atom is 0.246 e. The third kappa shape index (κ3) is 5.40. The first-order valence-corrected chi connectivity index (χ1v) is 12.5. The summed E-state index contributed by atoms with van der Waals surface area (Å²) in [7, 11) is 1.63. The van der Waals surface area contributed by atoms with E-state index < -0.39 is 0 Å². The van der Waals surface area contributed by atoms with Gasteiger partial charge in [-0.05, 0) is 67.9 Å². The SMILES string of the molecule is Br.C#CCN(c1nc(C2CC2)n(-c2cc(C)c(OC)cc2Cl)n1)[C@@H](CC1CC1)c1ccc(C)c(F)c1. The van der Waals surface area contributed by atoms with Gasteiger partial charge in [-0.15, -0.1) is 28.5 Å². The van der Waals surface area contributed by atoms with E-state index in [1.54, 1.807) is 20.1 Å². The zero-order valence-electron chi connectivity index (χ0n) is 20.8. The first-order valence-electron chi connectivity index (χ1n) is 12.2. The lowest BCUT2D eigenvalue weighted by atomic mass is 9.98. The molecule has 2 aromatic carbocycles. The van der Waals surface area contributed by atoms with E-state index in [0.29, 0.717) is 34.9 Å². The van der Waals surface area contributed by atoms with Crippen molar-refractivity contribution in [3.05, 3.63) is 63.7 Å². The van der Waals surface area contributed by atoms with Gasteiger partial charge in [0.05, 0.1) is 30.4 Å². The molecule has 1 aromatic heterocycles. The summed E-state index contributed by atoms with van der Waals surface area (Å²) in [5.74, 6) is 5.69. The van der Waals surface area contributed by atoms with Gasteiger partial charge in [-0.3, -0.25) is 0 Å². The Morgan fingerprint density at radius 1 is 1.19 bits per heavy atom. The second kappa shape index (κ2) is 10.8. The van der Waals surface area contributed by atoms with Crippen molar-refractivity contribution >= 4 is 34.5 Å². The predicted octanol–water partition coefficient (Wildman–Crippen LogP) is 7.12. The quantitative estimate of drug-likeness (QED) is 0.256. The summed E-state index contributed by atoms with van der Waals surface area (Å²) in [4.78, 5) is 7.04. The minimum absolute atomic E-state index is 0. The highest BCUT2D eigenvalue weighted by Crippen LogP contribution is 2.44. The van der Waals surface area contributed by atoms with Crippen molar-refractivity contribution in [1.82, 2.24) is 14.8 Å². The highest BCUT2D eigenvalue weighted by Gasteiger charge is 2.35. The van der Waals surface area contributed by atoms with Gasteiger partial charge < -0.3 is 9.64 Å². The molecule has 0 saturated heterocycles. The second-order valence-corrected chi connectivity index (χ2v) is 10.2. The van der Waals surface area contributed by atoms with Crippen LogP contribution in [0.25, 0.3) is 5.69 Å². The summed E-state index contributed by atoms with van der Waals surface area (Å²) in [6.45, 7) is 4.09. The Balaban J connectivity index is 0.00000304. The van der Waals surface area contributed by atoms with Crippen molar-refractivity contribution in [2.75, 3.05) is 18.6 Å². The molecule has 2 saturated carbocycles. The monoisotopic (exact) mass is 572 g/mol. The number of terminal acetylenes is 1. The number of methoxy groups -OCH3 is 1. The average Bonchev–Trinajstić information content (AvgIpc) is 3.78. The van der Waals surface area contributed by atoms with Crippen LogP contribution in [-0.2, 0) is 0 Å². The molecule has 1 atom stereocenters. The molecule has 0 spiro atoms. The molecular formula is C28H31BrClFN4O. The van der Waals surface area contributed by atoms with Crippen LogP contribution in [0.2, 0.25) is 5.02 Å². The Kier molecular flexibility index (Phi) is 7.96. The molecule has 0 bridgehead atoms. The fourth-order valence-corrected chi connectivity index (χ4v) is 4.83. The van der Waals surface area contributed by atoms with Gasteiger partial charge in [-0.25, -0.2) is 9.07 Å². The molecule has 2 fully saturated rings. The van der Waals surface area contributed by atoms with E-state index in [9.17, 15) is 4.39 Å². The van der Waals surface area contributed by atoms with Crippen LogP contribution in [0.3, 0.4) is 0 Å². The molecule has 2 aliphatic rings. The van der Waals surface area contributed by atoms with Gasteiger partial charge in [0.2, 0.25) is 5.95 Å². The largest absolute Gasteiger partial charge is 0.496 e. The summed E-state index contributed by atoms with van der Waals surface area (Å²) in [5.41, 5.74) is 3.27. The maximum absolute atomic E-state index is 14.6. The van der Waals surface area contributed by atoms with Crippen molar-refractivity contribution in [3.63, 3.8) is 0 Å². The molecular weight excluding hydrogens is 543 g/mol. The minimum atomic E-state index is -0.207. The summed E-state index contributed by atoms with van der Waals surface area (Å²) in [5, 5.41) is 5.49. The van der Waals surface area contributed by atoms with Gasteiger partial charge in [0, 0.05) is 12.0 Å². The van der Waals surface area contributed by atoms with Crippen LogP contribution in [-0.4, -0.2) is 28.4 Å². The third-order valence-electron chi connectivity index (χ3n) is 6.98. The molecule has 36 heavy (non-hydrogen) atoms. The highest BCUT2D eigenvalue weighted by molar-refractivity contribution is 8.93. The molecule has 0 unspecified atom stereocenters. The summed E-state index contributed by atoms with van der Waals surface area (Å²) < 4.78 is 21.9. The number of aromatic nitrogens is 3. The number of halogens is 3. The van der Waals surface area contributed by atoms with Crippen LogP contribution in [0, 0.1) is 37.9 Å². The van der Waals surface area contributed by atoms with Gasteiger partial charge in [-0.1, -0.05) is 42.5 Å². The van der Waals surface area contributed by atoms with Gasteiger partial charge in [0.15, 0.2) is 0 Å². The molecule has 0 aliphatic heterocycles. The van der Waals surface area contributed by atoms with E-state index in [1.165, 1.54) is 12.8 Å². The lowest BCUT2D eigenvalue weighted by Crippen LogP contribution is -2.31. The average molecular weight is 574 g/mol. The number of benzene rings is 2. The number of aryl methyl sites for hydroxylation is 2. The van der Waals surface area contributed by atoms with E-state index >= 15 is 0 Å². The Bertz CT molecular complexity index is 1300. The molecule has 0 radical (unpaired) electrons. The molecule has 2 aliphatic carbocycles. The van der Waals surface area contributed by atoms with Crippen LogP contribution in [0.5, 0.6) is 5.75 Å². The maximum atomic E-state index is 14.6. The smallest absolute Gasteiger partial charge is 0.246 e. The highest BCUT2D eigenvalue weighted by atomic mass is 79.9. The molecule has 3 aromatic rings. The normalized spacial score (nSPS) is 15.7. The van der Waals surface area contributed by atoms with Crippen LogP contribution in [0.15, 0.2) is 30.3 Å². The van der Waals surface area contributed by atoms with Crippen LogP contribution in [0.4, 0.5) is 10.3 Å². The number of nitrogens with zero attached hydrogens (tertiary/aromatic N) is 4. The number of rotatable bonds is 9. The van der Waals surface area contributed by atoms with Gasteiger partial charge in [-0.2, -0.15) is 4.98 Å². The predicted molar refractivity (Wildman–Crippen MR) is 147 cm³/mol. The summed E-state index contributed by atoms with van der Waals surface area (Å²) in [6, 6.07) is 9.15. The number of anilines is 1. The summed E-state index contributed by atoms with van der Waals surface area (Å²) in [6.07, 6.45) is 11.2. The molecule has 0 N–H and O–H groups in total. The molecule has 8 heteroatoms. The van der Waals surface area contributed by atoms with Gasteiger partial charge in [0.25, 0.3) is 0 Å². The van der Waals surface area contributed by atoms with E-state index in [4.69, 9.17) is 32.8 Å². The van der Waals surface area contributed by atoms with Crippen molar-refractivity contribution in [1.29, 1.82) is 0 Å². The summed E-state index contributed by atoms with van der Waals surface area (Å²) >= 11 is 6.67. The number of hydrogen-bond acceptors (Lipinski definition) is 4. The van der Waals surface area contributed by atoms with E-state index in [-0.39, 0.29) is 28.8 Å². The Morgan fingerprint density at radius 2 is 1.94 bits per heavy atom. The van der Waals surface area contributed by atoms with E-state index in [0.717, 1.165) is 47.7 Å². The molecule has 1 heterocycles. The van der Waals surface area contributed by atoms with E-state index in [1.807, 2.05) is 35.9 Å². The van der Waals surface area contributed by atoms with Crippen LogP contribution < -0.4 is 9.64 Å². The standard InChI is InChI=1S/C28H30ClFN4O.BrH/c1-5-12-33(24(14-19-7-8-19)21-9-6-17(2)23(30)15-21)28-31-27(20-10-11-20)34(32-28)25-13-18(3)26(35-4)16-22(25)29;/h1,6,9,13,15-16,19-20,24H,7-8,10-12,14H2,2-4H3;1H/t24-;/m0./s1. The fraction of sp³-hybridized carbons (Fsp3) is 0.429. The van der Waals surface area contributed by atoms with Crippen LogP contribution in [0.1, 0.15) is 66.6 Å². The second-order valence-electron chi connectivity index (χ2n) is 9.76. The van der Waals surface area contributed by atoms with Crippen molar-refractivity contribution in [2.24, 2.45) is 5.92 Å². The first-order chi connectivity index (χ1) is 16.9.